The van der Waals surface area contributed by atoms with Crippen LogP contribution in [-0.4, -0.2) is 51.2 Å². The monoisotopic (exact) mass is 386 g/mol. The normalized spacial score (nSPS) is 18.5. The molecule has 0 N–H and O–H groups in total. The standard InChI is InChI=1S/C22H31FN4O/c1-5-27-17(4)20(13-24-27)22(28)26-12-6-11-25(21(15-26)16(2)3)14-18-7-9-19(23)10-8-18/h7-10,13,16,21H,5-6,11-12,14-15H2,1-4H3/t21-/m0/s1. The second-order valence-electron chi connectivity index (χ2n) is 7.97. The Morgan fingerprint density at radius 2 is 1.96 bits per heavy atom. The van der Waals surface area contributed by atoms with Crippen molar-refractivity contribution in [1.29, 1.82) is 0 Å². The van der Waals surface area contributed by atoms with E-state index >= 15 is 0 Å². The zero-order chi connectivity index (χ0) is 20.3. The van der Waals surface area contributed by atoms with Crippen molar-refractivity contribution in [2.24, 2.45) is 5.92 Å². The van der Waals surface area contributed by atoms with E-state index in [1.54, 1.807) is 6.20 Å². The van der Waals surface area contributed by atoms with Crippen LogP contribution in [0.4, 0.5) is 4.39 Å². The molecular weight excluding hydrogens is 355 g/mol. The Balaban J connectivity index is 1.77. The number of aryl methyl sites for hydroxylation is 1. The Hall–Kier alpha value is -2.21. The molecule has 152 valence electrons. The zero-order valence-electron chi connectivity index (χ0n) is 17.4. The lowest BCUT2D eigenvalue weighted by Crippen LogP contribution is -2.45. The summed E-state index contributed by atoms with van der Waals surface area (Å²) in [7, 11) is 0. The molecule has 1 aromatic carbocycles. The summed E-state index contributed by atoms with van der Waals surface area (Å²) in [5.74, 6) is 0.277. The topological polar surface area (TPSA) is 41.4 Å². The predicted molar refractivity (Wildman–Crippen MR) is 109 cm³/mol. The number of hydrogen-bond donors (Lipinski definition) is 0. The van der Waals surface area contributed by atoms with E-state index in [9.17, 15) is 9.18 Å². The molecule has 1 aromatic heterocycles. The van der Waals surface area contributed by atoms with E-state index in [1.165, 1.54) is 12.1 Å². The summed E-state index contributed by atoms with van der Waals surface area (Å²) in [6, 6.07) is 6.99. The van der Waals surface area contributed by atoms with Crippen LogP contribution in [0.1, 0.15) is 48.8 Å². The highest BCUT2D eigenvalue weighted by Gasteiger charge is 2.31. The van der Waals surface area contributed by atoms with Gasteiger partial charge in [0.25, 0.3) is 5.91 Å². The van der Waals surface area contributed by atoms with Gasteiger partial charge in [-0.1, -0.05) is 26.0 Å². The van der Waals surface area contributed by atoms with Crippen molar-refractivity contribution in [2.45, 2.75) is 53.2 Å². The van der Waals surface area contributed by atoms with Crippen LogP contribution >= 0.6 is 0 Å². The van der Waals surface area contributed by atoms with Crippen LogP contribution in [-0.2, 0) is 13.1 Å². The molecule has 0 spiro atoms. The second-order valence-corrected chi connectivity index (χ2v) is 7.97. The van der Waals surface area contributed by atoms with Crippen LogP contribution < -0.4 is 0 Å². The maximum absolute atomic E-state index is 13.2. The molecule has 1 amide bonds. The summed E-state index contributed by atoms with van der Waals surface area (Å²) in [5.41, 5.74) is 2.74. The van der Waals surface area contributed by atoms with E-state index in [-0.39, 0.29) is 17.8 Å². The summed E-state index contributed by atoms with van der Waals surface area (Å²) in [6.07, 6.45) is 2.63. The molecule has 1 atom stereocenters. The first-order valence-electron chi connectivity index (χ1n) is 10.2. The molecule has 5 nitrogen and oxygen atoms in total. The molecule has 0 bridgehead atoms. The molecule has 1 aliphatic heterocycles. The zero-order valence-corrected chi connectivity index (χ0v) is 17.4. The number of carbonyl (C=O) groups excluding carboxylic acids is 1. The minimum absolute atomic E-state index is 0.0754. The Morgan fingerprint density at radius 1 is 1.25 bits per heavy atom. The molecule has 2 aromatic rings. The molecule has 6 heteroatoms. The van der Waals surface area contributed by atoms with Gasteiger partial charge < -0.3 is 4.90 Å². The number of rotatable bonds is 5. The second kappa shape index (κ2) is 8.86. The Bertz CT molecular complexity index is 799. The van der Waals surface area contributed by atoms with Crippen molar-refractivity contribution in [3.63, 3.8) is 0 Å². The van der Waals surface area contributed by atoms with Gasteiger partial charge in [0.1, 0.15) is 5.82 Å². The van der Waals surface area contributed by atoms with E-state index < -0.39 is 0 Å². The maximum Gasteiger partial charge on any atom is 0.257 e. The number of carbonyl (C=O) groups is 1. The summed E-state index contributed by atoms with van der Waals surface area (Å²) < 4.78 is 15.1. The van der Waals surface area contributed by atoms with E-state index in [0.717, 1.165) is 43.9 Å². The number of nitrogens with zero attached hydrogens (tertiary/aromatic N) is 4. The SMILES string of the molecule is CCn1ncc(C(=O)N2CCCN(Cc3ccc(F)cc3)[C@H](C(C)C)C2)c1C. The van der Waals surface area contributed by atoms with Crippen LogP contribution in [0.5, 0.6) is 0 Å². The highest BCUT2D eigenvalue weighted by molar-refractivity contribution is 5.95. The summed E-state index contributed by atoms with van der Waals surface area (Å²) in [6.45, 7) is 12.3. The van der Waals surface area contributed by atoms with Gasteiger partial charge >= 0.3 is 0 Å². The maximum atomic E-state index is 13.2. The molecule has 28 heavy (non-hydrogen) atoms. The van der Waals surface area contributed by atoms with Gasteiger partial charge in [0.2, 0.25) is 0 Å². The summed E-state index contributed by atoms with van der Waals surface area (Å²) >= 11 is 0. The van der Waals surface area contributed by atoms with Gasteiger partial charge in [0.05, 0.1) is 11.8 Å². The molecule has 0 saturated carbocycles. The van der Waals surface area contributed by atoms with Gasteiger partial charge in [-0.25, -0.2) is 4.39 Å². The van der Waals surface area contributed by atoms with Crippen molar-refractivity contribution >= 4 is 5.91 Å². The molecule has 0 radical (unpaired) electrons. The summed E-state index contributed by atoms with van der Waals surface area (Å²) in [4.78, 5) is 17.6. The quantitative estimate of drug-likeness (QED) is 0.786. The summed E-state index contributed by atoms with van der Waals surface area (Å²) in [5, 5.41) is 4.33. The number of halogens is 1. The third kappa shape index (κ3) is 4.43. The Kier molecular flexibility index (Phi) is 6.50. The molecule has 1 fully saturated rings. The minimum atomic E-state index is -0.209. The van der Waals surface area contributed by atoms with Crippen LogP contribution in [0.25, 0.3) is 0 Å². The largest absolute Gasteiger partial charge is 0.337 e. The number of benzene rings is 1. The van der Waals surface area contributed by atoms with E-state index in [1.807, 2.05) is 35.6 Å². The molecular formula is C22H31FN4O. The van der Waals surface area contributed by atoms with Crippen molar-refractivity contribution in [3.05, 3.63) is 53.1 Å². The van der Waals surface area contributed by atoms with Gasteiger partial charge in [-0.3, -0.25) is 14.4 Å². The smallest absolute Gasteiger partial charge is 0.257 e. The lowest BCUT2D eigenvalue weighted by atomic mass is 10.0. The average Bonchev–Trinajstić information content (AvgIpc) is 2.91. The van der Waals surface area contributed by atoms with Crippen LogP contribution in [0.3, 0.4) is 0 Å². The molecule has 0 unspecified atom stereocenters. The third-order valence-electron chi connectivity index (χ3n) is 5.74. The predicted octanol–water partition coefficient (Wildman–Crippen LogP) is 3.72. The van der Waals surface area contributed by atoms with Gasteiger partial charge in [0, 0.05) is 44.5 Å². The van der Waals surface area contributed by atoms with E-state index in [0.29, 0.717) is 18.0 Å². The fourth-order valence-corrected chi connectivity index (χ4v) is 4.05. The van der Waals surface area contributed by atoms with Crippen molar-refractivity contribution < 1.29 is 9.18 Å². The highest BCUT2D eigenvalue weighted by Crippen LogP contribution is 2.22. The molecule has 2 heterocycles. The van der Waals surface area contributed by atoms with E-state index in [2.05, 4.69) is 23.8 Å². The Labute approximate surface area is 167 Å². The van der Waals surface area contributed by atoms with E-state index in [4.69, 9.17) is 0 Å². The third-order valence-corrected chi connectivity index (χ3v) is 5.74. The number of amides is 1. The van der Waals surface area contributed by atoms with Crippen molar-refractivity contribution in [1.82, 2.24) is 19.6 Å². The van der Waals surface area contributed by atoms with Gasteiger partial charge in [-0.15, -0.1) is 0 Å². The minimum Gasteiger partial charge on any atom is -0.337 e. The highest BCUT2D eigenvalue weighted by atomic mass is 19.1. The number of aromatic nitrogens is 2. The fourth-order valence-electron chi connectivity index (χ4n) is 4.05. The molecule has 3 rings (SSSR count). The fraction of sp³-hybridized carbons (Fsp3) is 0.545. The van der Waals surface area contributed by atoms with Crippen molar-refractivity contribution in [3.8, 4) is 0 Å². The molecule has 1 aliphatic rings. The first-order valence-corrected chi connectivity index (χ1v) is 10.2. The Morgan fingerprint density at radius 3 is 2.57 bits per heavy atom. The van der Waals surface area contributed by atoms with Gasteiger partial charge in [-0.2, -0.15) is 5.10 Å². The molecule has 1 saturated heterocycles. The van der Waals surface area contributed by atoms with Crippen molar-refractivity contribution in [2.75, 3.05) is 19.6 Å². The lowest BCUT2D eigenvalue weighted by molar-refractivity contribution is 0.0701. The van der Waals surface area contributed by atoms with Gasteiger partial charge in [0.15, 0.2) is 0 Å². The van der Waals surface area contributed by atoms with Crippen LogP contribution in [0.15, 0.2) is 30.5 Å². The average molecular weight is 387 g/mol. The first-order chi connectivity index (χ1) is 13.4. The lowest BCUT2D eigenvalue weighted by Gasteiger charge is -2.34. The van der Waals surface area contributed by atoms with Gasteiger partial charge in [-0.05, 0) is 43.9 Å². The first kappa shape index (κ1) is 20.5. The number of hydrogen-bond acceptors (Lipinski definition) is 3. The molecule has 0 aliphatic carbocycles. The van der Waals surface area contributed by atoms with Crippen LogP contribution in [0, 0.1) is 18.7 Å². The van der Waals surface area contributed by atoms with Crippen LogP contribution in [0.2, 0.25) is 0 Å².